The molecule has 5 heteroatoms. The maximum Gasteiger partial charge on any atom is 0.320 e. The van der Waals surface area contributed by atoms with Crippen LogP contribution in [0.5, 0.6) is 0 Å². The van der Waals surface area contributed by atoms with Crippen LogP contribution in [0.15, 0.2) is 29.3 Å². The van der Waals surface area contributed by atoms with Gasteiger partial charge in [0.05, 0.1) is 5.52 Å². The highest BCUT2D eigenvalue weighted by molar-refractivity contribution is 7.98. The SMILES string of the molecule is CSc1cccc2c(CC(N)C(=O)O)cn(C)c12. The van der Waals surface area contributed by atoms with Crippen LogP contribution in [0.2, 0.25) is 0 Å². The smallest absolute Gasteiger partial charge is 0.320 e. The second-order valence-electron chi connectivity index (χ2n) is 4.27. The third kappa shape index (κ3) is 2.23. The third-order valence-electron chi connectivity index (χ3n) is 3.02. The van der Waals surface area contributed by atoms with Crippen molar-refractivity contribution in [3.8, 4) is 0 Å². The standard InChI is InChI=1S/C13H16N2O2S/c1-15-7-8(6-10(14)13(16)17)9-4-3-5-11(18-2)12(9)15/h3-5,7,10H,6,14H2,1-2H3,(H,16,17). The fourth-order valence-corrected chi connectivity index (χ4v) is 2.83. The first kappa shape index (κ1) is 13.0. The van der Waals surface area contributed by atoms with Crippen LogP contribution >= 0.6 is 11.8 Å². The molecular formula is C13H16N2O2S. The Hall–Kier alpha value is -1.46. The average Bonchev–Trinajstić information content (AvgIpc) is 2.66. The number of benzene rings is 1. The predicted molar refractivity (Wildman–Crippen MR) is 74.0 cm³/mol. The first-order valence-electron chi connectivity index (χ1n) is 5.64. The molecular weight excluding hydrogens is 248 g/mol. The molecule has 1 atom stereocenters. The van der Waals surface area contributed by atoms with Gasteiger partial charge in [0.2, 0.25) is 0 Å². The van der Waals surface area contributed by atoms with Crippen LogP contribution in [0, 0.1) is 0 Å². The van der Waals surface area contributed by atoms with Gasteiger partial charge in [-0.3, -0.25) is 4.79 Å². The number of aryl methyl sites for hydroxylation is 1. The summed E-state index contributed by atoms with van der Waals surface area (Å²) in [4.78, 5) is 12.0. The Labute approximate surface area is 110 Å². The summed E-state index contributed by atoms with van der Waals surface area (Å²) < 4.78 is 2.03. The number of fused-ring (bicyclic) bond motifs is 1. The van der Waals surface area contributed by atoms with E-state index in [0.717, 1.165) is 16.5 Å². The molecule has 4 nitrogen and oxygen atoms in total. The monoisotopic (exact) mass is 264 g/mol. The summed E-state index contributed by atoms with van der Waals surface area (Å²) >= 11 is 1.68. The number of nitrogens with zero attached hydrogens (tertiary/aromatic N) is 1. The molecule has 2 aromatic rings. The second-order valence-corrected chi connectivity index (χ2v) is 5.12. The van der Waals surface area contributed by atoms with Gasteiger partial charge in [-0.1, -0.05) is 12.1 Å². The molecule has 1 heterocycles. The number of thioether (sulfide) groups is 1. The lowest BCUT2D eigenvalue weighted by Crippen LogP contribution is -2.32. The summed E-state index contributed by atoms with van der Waals surface area (Å²) in [6, 6.07) is 5.21. The van der Waals surface area contributed by atoms with Crippen molar-refractivity contribution in [2.24, 2.45) is 12.8 Å². The van der Waals surface area contributed by atoms with Gasteiger partial charge >= 0.3 is 5.97 Å². The minimum Gasteiger partial charge on any atom is -0.480 e. The van der Waals surface area contributed by atoms with Crippen molar-refractivity contribution < 1.29 is 9.90 Å². The highest BCUT2D eigenvalue weighted by Gasteiger charge is 2.16. The van der Waals surface area contributed by atoms with E-state index in [1.807, 2.05) is 36.2 Å². The molecule has 0 saturated heterocycles. The fraction of sp³-hybridized carbons (Fsp3) is 0.308. The number of hydrogen-bond acceptors (Lipinski definition) is 3. The molecule has 0 amide bonds. The molecule has 0 aliphatic heterocycles. The number of carbonyl (C=O) groups is 1. The molecule has 1 aromatic carbocycles. The van der Waals surface area contributed by atoms with E-state index in [2.05, 4.69) is 6.07 Å². The van der Waals surface area contributed by atoms with Gasteiger partial charge in [-0.15, -0.1) is 11.8 Å². The van der Waals surface area contributed by atoms with Gasteiger partial charge < -0.3 is 15.4 Å². The fourth-order valence-electron chi connectivity index (χ4n) is 2.16. The van der Waals surface area contributed by atoms with Crippen molar-refractivity contribution in [1.82, 2.24) is 4.57 Å². The number of carboxylic acids is 1. The molecule has 96 valence electrons. The molecule has 0 fully saturated rings. The summed E-state index contributed by atoms with van der Waals surface area (Å²) in [7, 11) is 1.97. The van der Waals surface area contributed by atoms with Gasteiger partial charge in [0.1, 0.15) is 6.04 Å². The van der Waals surface area contributed by atoms with Gasteiger partial charge in [0.25, 0.3) is 0 Å². The van der Waals surface area contributed by atoms with Crippen LogP contribution in [0.25, 0.3) is 10.9 Å². The van der Waals surface area contributed by atoms with Crippen molar-refractivity contribution in [2.45, 2.75) is 17.4 Å². The Morgan fingerprint density at radius 2 is 2.28 bits per heavy atom. The van der Waals surface area contributed by atoms with E-state index in [-0.39, 0.29) is 0 Å². The summed E-state index contributed by atoms with van der Waals surface area (Å²) in [5.74, 6) is -0.965. The quantitative estimate of drug-likeness (QED) is 0.827. The minimum atomic E-state index is -0.965. The summed E-state index contributed by atoms with van der Waals surface area (Å²) in [5, 5.41) is 9.97. The van der Waals surface area contributed by atoms with E-state index >= 15 is 0 Å². The maximum atomic E-state index is 10.8. The Bertz CT molecular complexity index is 592. The van der Waals surface area contributed by atoms with E-state index in [1.165, 1.54) is 4.90 Å². The summed E-state index contributed by atoms with van der Waals surface area (Å²) in [5.41, 5.74) is 7.73. The molecule has 0 spiro atoms. The van der Waals surface area contributed by atoms with Crippen LogP contribution < -0.4 is 5.73 Å². The van der Waals surface area contributed by atoms with Gasteiger partial charge in [0.15, 0.2) is 0 Å². The van der Waals surface area contributed by atoms with Crippen LogP contribution in [-0.2, 0) is 18.3 Å². The molecule has 0 aliphatic carbocycles. The molecule has 3 N–H and O–H groups in total. The lowest BCUT2D eigenvalue weighted by Gasteiger charge is -2.05. The zero-order valence-corrected chi connectivity index (χ0v) is 11.2. The zero-order chi connectivity index (χ0) is 13.3. The molecule has 0 bridgehead atoms. The Morgan fingerprint density at radius 3 is 2.89 bits per heavy atom. The van der Waals surface area contributed by atoms with Crippen molar-refractivity contribution in [3.63, 3.8) is 0 Å². The topological polar surface area (TPSA) is 68.2 Å². The predicted octanol–water partition coefficient (Wildman–Crippen LogP) is 1.85. The Kier molecular flexibility index (Phi) is 3.63. The Balaban J connectivity index is 2.50. The molecule has 0 aliphatic rings. The zero-order valence-electron chi connectivity index (χ0n) is 10.4. The highest BCUT2D eigenvalue weighted by Crippen LogP contribution is 2.29. The third-order valence-corrected chi connectivity index (χ3v) is 3.79. The molecule has 2 rings (SSSR count). The highest BCUT2D eigenvalue weighted by atomic mass is 32.2. The van der Waals surface area contributed by atoms with E-state index in [4.69, 9.17) is 10.8 Å². The van der Waals surface area contributed by atoms with Crippen molar-refractivity contribution >= 4 is 28.6 Å². The van der Waals surface area contributed by atoms with Crippen molar-refractivity contribution in [1.29, 1.82) is 0 Å². The second kappa shape index (κ2) is 5.04. The lowest BCUT2D eigenvalue weighted by molar-refractivity contribution is -0.138. The maximum absolute atomic E-state index is 10.8. The van der Waals surface area contributed by atoms with Gasteiger partial charge in [0, 0.05) is 29.9 Å². The van der Waals surface area contributed by atoms with E-state index in [0.29, 0.717) is 6.42 Å². The lowest BCUT2D eigenvalue weighted by atomic mass is 10.1. The molecule has 1 unspecified atom stereocenters. The summed E-state index contributed by atoms with van der Waals surface area (Å²) in [6.07, 6.45) is 4.35. The van der Waals surface area contributed by atoms with E-state index in [1.54, 1.807) is 11.8 Å². The molecule has 1 aromatic heterocycles. The van der Waals surface area contributed by atoms with E-state index in [9.17, 15) is 4.79 Å². The number of aliphatic carboxylic acids is 1. The minimum absolute atomic E-state index is 0.352. The molecule has 0 radical (unpaired) electrons. The van der Waals surface area contributed by atoms with E-state index < -0.39 is 12.0 Å². The van der Waals surface area contributed by atoms with Crippen LogP contribution in [-0.4, -0.2) is 27.9 Å². The number of hydrogen-bond donors (Lipinski definition) is 2. The summed E-state index contributed by atoms with van der Waals surface area (Å²) in [6.45, 7) is 0. The van der Waals surface area contributed by atoms with Crippen LogP contribution in [0.3, 0.4) is 0 Å². The van der Waals surface area contributed by atoms with Gasteiger partial charge in [-0.05, 0) is 17.9 Å². The number of aromatic nitrogens is 1. The average molecular weight is 264 g/mol. The first-order chi connectivity index (χ1) is 8.54. The first-order valence-corrected chi connectivity index (χ1v) is 6.86. The number of para-hydroxylation sites is 1. The largest absolute Gasteiger partial charge is 0.480 e. The van der Waals surface area contributed by atoms with Crippen LogP contribution in [0.1, 0.15) is 5.56 Å². The number of nitrogens with two attached hydrogens (primary N) is 1. The molecule has 18 heavy (non-hydrogen) atoms. The number of carboxylic acid groups (broad SMARTS) is 1. The van der Waals surface area contributed by atoms with Gasteiger partial charge in [-0.25, -0.2) is 0 Å². The van der Waals surface area contributed by atoms with Crippen molar-refractivity contribution in [2.75, 3.05) is 6.26 Å². The van der Waals surface area contributed by atoms with Crippen molar-refractivity contribution in [3.05, 3.63) is 30.0 Å². The number of rotatable bonds is 4. The van der Waals surface area contributed by atoms with Gasteiger partial charge in [-0.2, -0.15) is 0 Å². The normalized spacial score (nSPS) is 12.8. The molecule has 0 saturated carbocycles. The van der Waals surface area contributed by atoms with Crippen LogP contribution in [0.4, 0.5) is 0 Å². The Morgan fingerprint density at radius 1 is 1.56 bits per heavy atom.